The molecule has 15 heavy (non-hydrogen) atoms. The van der Waals surface area contributed by atoms with Crippen LogP contribution in [0.15, 0.2) is 6.20 Å². The summed E-state index contributed by atoms with van der Waals surface area (Å²) in [6.45, 7) is 6.82. The summed E-state index contributed by atoms with van der Waals surface area (Å²) >= 11 is 1.40. The van der Waals surface area contributed by atoms with Gasteiger partial charge >= 0.3 is 0 Å². The van der Waals surface area contributed by atoms with E-state index in [1.54, 1.807) is 18.1 Å². The van der Waals surface area contributed by atoms with E-state index in [2.05, 4.69) is 10.3 Å². The first-order chi connectivity index (χ1) is 7.06. The lowest BCUT2D eigenvalue weighted by atomic mass is 10.3. The highest BCUT2D eigenvalue weighted by Gasteiger charge is 2.17. The van der Waals surface area contributed by atoms with Crippen molar-refractivity contribution in [2.24, 2.45) is 0 Å². The first kappa shape index (κ1) is 12.0. The Morgan fingerprint density at radius 1 is 1.67 bits per heavy atom. The van der Waals surface area contributed by atoms with E-state index in [-0.39, 0.29) is 11.9 Å². The maximum absolute atomic E-state index is 11.8. The van der Waals surface area contributed by atoms with E-state index in [9.17, 15) is 4.79 Å². The van der Waals surface area contributed by atoms with Crippen LogP contribution in [0.2, 0.25) is 0 Å². The molecular weight excluding hydrogens is 210 g/mol. The molecule has 1 N–H and O–H groups in total. The van der Waals surface area contributed by atoms with Crippen molar-refractivity contribution in [1.29, 1.82) is 0 Å². The van der Waals surface area contributed by atoms with Crippen LogP contribution in [0.25, 0.3) is 0 Å². The second kappa shape index (κ2) is 5.11. The maximum atomic E-state index is 11.8. The zero-order valence-electron chi connectivity index (χ0n) is 9.57. The van der Waals surface area contributed by atoms with E-state index in [1.165, 1.54) is 11.3 Å². The van der Waals surface area contributed by atoms with Gasteiger partial charge < -0.3 is 10.2 Å². The number of rotatable bonds is 4. The van der Waals surface area contributed by atoms with Crippen molar-refractivity contribution >= 4 is 22.2 Å². The lowest BCUT2D eigenvalue weighted by Gasteiger charge is -2.19. The Bertz CT molecular complexity index is 335. The molecule has 0 radical (unpaired) electrons. The smallest absolute Gasteiger partial charge is 0.282 e. The SMILES string of the molecule is CCNc1cnc(C(=O)N(C)C(C)C)s1. The second-order valence-corrected chi connectivity index (χ2v) is 4.60. The Labute approximate surface area is 94.3 Å². The van der Waals surface area contributed by atoms with Crippen molar-refractivity contribution < 1.29 is 4.79 Å². The fourth-order valence-corrected chi connectivity index (χ4v) is 1.88. The molecule has 0 aliphatic carbocycles. The number of hydrogen-bond acceptors (Lipinski definition) is 4. The number of nitrogens with zero attached hydrogens (tertiary/aromatic N) is 2. The van der Waals surface area contributed by atoms with Gasteiger partial charge in [-0.1, -0.05) is 11.3 Å². The van der Waals surface area contributed by atoms with Crippen molar-refractivity contribution in [3.63, 3.8) is 0 Å². The van der Waals surface area contributed by atoms with Crippen LogP contribution in [0.1, 0.15) is 30.6 Å². The molecule has 0 saturated heterocycles. The summed E-state index contributed by atoms with van der Waals surface area (Å²) in [4.78, 5) is 17.6. The summed E-state index contributed by atoms with van der Waals surface area (Å²) < 4.78 is 0. The lowest BCUT2D eigenvalue weighted by Crippen LogP contribution is -2.32. The number of carbonyl (C=O) groups excluding carboxylic acids is 1. The molecule has 1 aromatic rings. The number of nitrogens with one attached hydrogen (secondary N) is 1. The third-order valence-corrected chi connectivity index (χ3v) is 3.08. The fraction of sp³-hybridized carbons (Fsp3) is 0.600. The van der Waals surface area contributed by atoms with Crippen molar-refractivity contribution in [3.05, 3.63) is 11.2 Å². The van der Waals surface area contributed by atoms with Crippen LogP contribution in [0.3, 0.4) is 0 Å². The van der Waals surface area contributed by atoms with Gasteiger partial charge in [-0.2, -0.15) is 0 Å². The van der Waals surface area contributed by atoms with E-state index in [0.717, 1.165) is 11.5 Å². The van der Waals surface area contributed by atoms with E-state index >= 15 is 0 Å². The van der Waals surface area contributed by atoms with Crippen molar-refractivity contribution in [2.45, 2.75) is 26.8 Å². The van der Waals surface area contributed by atoms with Crippen LogP contribution < -0.4 is 5.32 Å². The monoisotopic (exact) mass is 227 g/mol. The van der Waals surface area contributed by atoms with Gasteiger partial charge in [0.2, 0.25) is 0 Å². The maximum Gasteiger partial charge on any atom is 0.282 e. The topological polar surface area (TPSA) is 45.2 Å². The van der Waals surface area contributed by atoms with Crippen LogP contribution in [-0.2, 0) is 0 Å². The number of hydrogen-bond donors (Lipinski definition) is 1. The van der Waals surface area contributed by atoms with Gasteiger partial charge in [0, 0.05) is 19.6 Å². The Morgan fingerprint density at radius 3 is 2.87 bits per heavy atom. The third-order valence-electron chi connectivity index (χ3n) is 2.13. The van der Waals surface area contributed by atoms with Gasteiger partial charge in [0.25, 0.3) is 5.91 Å². The number of anilines is 1. The Morgan fingerprint density at radius 2 is 2.33 bits per heavy atom. The predicted octanol–water partition coefficient (Wildman–Crippen LogP) is 2.06. The third kappa shape index (κ3) is 2.92. The molecule has 0 aromatic carbocycles. The van der Waals surface area contributed by atoms with Gasteiger partial charge in [-0.05, 0) is 20.8 Å². The average Bonchev–Trinajstić information content (AvgIpc) is 2.64. The Kier molecular flexibility index (Phi) is 4.08. The van der Waals surface area contributed by atoms with Crippen molar-refractivity contribution in [1.82, 2.24) is 9.88 Å². The fourth-order valence-electron chi connectivity index (χ4n) is 1.01. The summed E-state index contributed by atoms with van der Waals surface area (Å²) in [5.41, 5.74) is 0. The number of carbonyl (C=O) groups is 1. The van der Waals surface area contributed by atoms with Gasteiger partial charge in [-0.25, -0.2) is 4.98 Å². The minimum atomic E-state index is -0.0147. The van der Waals surface area contributed by atoms with Crippen LogP contribution in [0.5, 0.6) is 0 Å². The summed E-state index contributed by atoms with van der Waals surface area (Å²) in [5.74, 6) is -0.0147. The lowest BCUT2D eigenvalue weighted by molar-refractivity contribution is 0.0754. The summed E-state index contributed by atoms with van der Waals surface area (Å²) in [7, 11) is 1.79. The Hall–Kier alpha value is -1.10. The summed E-state index contributed by atoms with van der Waals surface area (Å²) in [5, 5.41) is 4.62. The van der Waals surface area contributed by atoms with Gasteiger partial charge in [0.05, 0.1) is 6.20 Å². The normalized spacial score (nSPS) is 10.5. The molecular formula is C10H17N3OS. The van der Waals surface area contributed by atoms with Crippen LogP contribution in [0, 0.1) is 0 Å². The molecule has 1 rings (SSSR count). The van der Waals surface area contributed by atoms with Crippen molar-refractivity contribution in [3.8, 4) is 0 Å². The highest BCUT2D eigenvalue weighted by Crippen LogP contribution is 2.19. The van der Waals surface area contributed by atoms with Crippen molar-refractivity contribution in [2.75, 3.05) is 18.9 Å². The molecule has 84 valence electrons. The average molecular weight is 227 g/mol. The number of aromatic nitrogens is 1. The zero-order chi connectivity index (χ0) is 11.4. The van der Waals surface area contributed by atoms with Crippen LogP contribution in [-0.4, -0.2) is 35.4 Å². The Balaban J connectivity index is 2.74. The van der Waals surface area contributed by atoms with Gasteiger partial charge in [0.15, 0.2) is 5.01 Å². The van der Waals surface area contributed by atoms with Gasteiger partial charge in [-0.15, -0.1) is 0 Å². The molecule has 0 spiro atoms. The molecule has 0 saturated carbocycles. The minimum Gasteiger partial charge on any atom is -0.376 e. The summed E-state index contributed by atoms with van der Waals surface area (Å²) in [6.07, 6.45) is 1.70. The quantitative estimate of drug-likeness (QED) is 0.856. The molecule has 1 amide bonds. The molecule has 4 nitrogen and oxygen atoms in total. The van der Waals surface area contributed by atoms with Gasteiger partial charge in [-0.3, -0.25) is 4.79 Å². The summed E-state index contributed by atoms with van der Waals surface area (Å²) in [6, 6.07) is 0.198. The predicted molar refractivity (Wildman–Crippen MR) is 63.5 cm³/mol. The molecule has 0 unspecified atom stereocenters. The molecule has 1 heterocycles. The highest BCUT2D eigenvalue weighted by atomic mass is 32.1. The molecule has 0 aliphatic rings. The highest BCUT2D eigenvalue weighted by molar-refractivity contribution is 7.17. The van der Waals surface area contributed by atoms with E-state index < -0.39 is 0 Å². The number of amides is 1. The number of thiazole rings is 1. The molecule has 0 atom stereocenters. The van der Waals surface area contributed by atoms with Gasteiger partial charge in [0.1, 0.15) is 5.00 Å². The molecule has 0 bridgehead atoms. The van der Waals surface area contributed by atoms with E-state index in [0.29, 0.717) is 5.01 Å². The second-order valence-electron chi connectivity index (χ2n) is 3.57. The molecule has 0 fully saturated rings. The standard InChI is InChI=1S/C10H17N3OS/c1-5-11-8-6-12-9(15-8)10(14)13(4)7(2)3/h6-7,11H,5H2,1-4H3. The zero-order valence-corrected chi connectivity index (χ0v) is 10.4. The minimum absolute atomic E-state index is 0.0147. The largest absolute Gasteiger partial charge is 0.376 e. The molecule has 5 heteroatoms. The van der Waals surface area contributed by atoms with Crippen LogP contribution in [0.4, 0.5) is 5.00 Å². The van der Waals surface area contributed by atoms with E-state index in [4.69, 9.17) is 0 Å². The first-order valence-corrected chi connectivity index (χ1v) is 5.84. The molecule has 0 aliphatic heterocycles. The first-order valence-electron chi connectivity index (χ1n) is 5.03. The van der Waals surface area contributed by atoms with Crippen LogP contribution >= 0.6 is 11.3 Å². The van der Waals surface area contributed by atoms with E-state index in [1.807, 2.05) is 20.8 Å². The molecule has 1 aromatic heterocycles.